The molecular formula is C14H20BrNO. The molecule has 0 aromatic heterocycles. The van der Waals surface area contributed by atoms with Crippen molar-refractivity contribution in [2.24, 2.45) is 0 Å². The maximum absolute atomic E-state index is 9.47. The van der Waals surface area contributed by atoms with Crippen molar-refractivity contribution in [1.82, 2.24) is 4.90 Å². The maximum atomic E-state index is 9.47. The Labute approximate surface area is 112 Å². The van der Waals surface area contributed by atoms with Gasteiger partial charge in [-0.05, 0) is 59.6 Å². The van der Waals surface area contributed by atoms with E-state index in [0.29, 0.717) is 5.75 Å². The number of hydrogen-bond donors (Lipinski definition) is 1. The third-order valence-corrected chi connectivity index (χ3v) is 4.00. The molecule has 0 aliphatic carbocycles. The first-order chi connectivity index (χ1) is 8.25. The minimum Gasteiger partial charge on any atom is -0.507 e. The summed E-state index contributed by atoms with van der Waals surface area (Å²) < 4.78 is 0.794. The summed E-state index contributed by atoms with van der Waals surface area (Å²) in [4.78, 5) is 2.53. The molecule has 0 spiro atoms. The summed E-state index contributed by atoms with van der Waals surface area (Å²) in [5.41, 5.74) is 1.27. The standard InChI is InChI=1S/C14H20BrNO/c15-13-10-12(6-7-14(13)17)11-16-8-4-2-1-3-5-9-16/h6-7,10,17H,1-5,8-9,11H2. The van der Waals surface area contributed by atoms with Gasteiger partial charge in [0, 0.05) is 6.54 Å². The van der Waals surface area contributed by atoms with Gasteiger partial charge in [0.1, 0.15) is 5.75 Å². The molecule has 1 fully saturated rings. The number of aromatic hydroxyl groups is 1. The Hall–Kier alpha value is -0.540. The number of halogens is 1. The summed E-state index contributed by atoms with van der Waals surface area (Å²) in [7, 11) is 0. The van der Waals surface area contributed by atoms with Crippen molar-refractivity contribution in [3.8, 4) is 5.75 Å². The van der Waals surface area contributed by atoms with E-state index in [1.165, 1.54) is 50.8 Å². The molecule has 1 aromatic carbocycles. The van der Waals surface area contributed by atoms with Crippen molar-refractivity contribution >= 4 is 15.9 Å². The number of phenolic OH excluding ortho intramolecular Hbond substituents is 1. The van der Waals surface area contributed by atoms with Crippen LogP contribution in [0.2, 0.25) is 0 Å². The van der Waals surface area contributed by atoms with E-state index in [2.05, 4.69) is 20.8 Å². The minimum atomic E-state index is 0.321. The highest BCUT2D eigenvalue weighted by Gasteiger charge is 2.09. The molecule has 1 aliphatic rings. The topological polar surface area (TPSA) is 23.5 Å². The van der Waals surface area contributed by atoms with Gasteiger partial charge < -0.3 is 5.11 Å². The van der Waals surface area contributed by atoms with Crippen LogP contribution in [0.4, 0.5) is 0 Å². The molecule has 1 aliphatic heterocycles. The van der Waals surface area contributed by atoms with Crippen LogP contribution in [-0.4, -0.2) is 23.1 Å². The van der Waals surface area contributed by atoms with Gasteiger partial charge in [0.05, 0.1) is 4.47 Å². The largest absolute Gasteiger partial charge is 0.507 e. The fourth-order valence-corrected chi connectivity index (χ4v) is 2.80. The molecule has 1 aromatic rings. The summed E-state index contributed by atoms with van der Waals surface area (Å²) in [6.45, 7) is 3.41. The normalized spacial score (nSPS) is 18.6. The zero-order valence-corrected chi connectivity index (χ0v) is 11.7. The van der Waals surface area contributed by atoms with E-state index in [4.69, 9.17) is 0 Å². The van der Waals surface area contributed by atoms with E-state index in [1.807, 2.05) is 12.1 Å². The van der Waals surface area contributed by atoms with E-state index in [0.717, 1.165) is 11.0 Å². The zero-order chi connectivity index (χ0) is 12.1. The van der Waals surface area contributed by atoms with Crippen molar-refractivity contribution in [3.63, 3.8) is 0 Å². The molecule has 1 N–H and O–H groups in total. The van der Waals surface area contributed by atoms with E-state index < -0.39 is 0 Å². The Morgan fingerprint density at radius 1 is 1.06 bits per heavy atom. The lowest BCUT2D eigenvalue weighted by molar-refractivity contribution is 0.239. The van der Waals surface area contributed by atoms with Gasteiger partial charge in [-0.3, -0.25) is 4.90 Å². The fourth-order valence-electron chi connectivity index (χ4n) is 2.38. The lowest BCUT2D eigenvalue weighted by Crippen LogP contribution is -2.26. The maximum Gasteiger partial charge on any atom is 0.129 e. The highest BCUT2D eigenvalue weighted by molar-refractivity contribution is 9.10. The Balaban J connectivity index is 1.95. The smallest absolute Gasteiger partial charge is 0.129 e. The predicted molar refractivity (Wildman–Crippen MR) is 74.2 cm³/mol. The van der Waals surface area contributed by atoms with Crippen LogP contribution in [0, 0.1) is 0 Å². The van der Waals surface area contributed by atoms with Crippen LogP contribution in [0.3, 0.4) is 0 Å². The Morgan fingerprint density at radius 3 is 2.35 bits per heavy atom. The number of phenols is 1. The van der Waals surface area contributed by atoms with Crippen molar-refractivity contribution in [2.75, 3.05) is 13.1 Å². The van der Waals surface area contributed by atoms with Gasteiger partial charge >= 0.3 is 0 Å². The molecule has 1 saturated heterocycles. The van der Waals surface area contributed by atoms with Crippen LogP contribution in [0.15, 0.2) is 22.7 Å². The molecule has 2 nitrogen and oxygen atoms in total. The molecule has 0 atom stereocenters. The van der Waals surface area contributed by atoms with Gasteiger partial charge in [0.2, 0.25) is 0 Å². The van der Waals surface area contributed by atoms with Crippen LogP contribution in [-0.2, 0) is 6.54 Å². The number of rotatable bonds is 2. The fraction of sp³-hybridized carbons (Fsp3) is 0.571. The predicted octanol–water partition coefficient (Wildman–Crippen LogP) is 3.92. The number of benzene rings is 1. The second-order valence-corrected chi connectivity index (χ2v) is 5.68. The van der Waals surface area contributed by atoms with E-state index in [9.17, 15) is 5.11 Å². The van der Waals surface area contributed by atoms with E-state index >= 15 is 0 Å². The first-order valence-corrected chi connectivity index (χ1v) is 7.25. The molecule has 0 amide bonds. The first kappa shape index (κ1) is 12.9. The summed E-state index contributed by atoms with van der Waals surface area (Å²) in [5, 5.41) is 9.47. The lowest BCUT2D eigenvalue weighted by Gasteiger charge is -2.24. The molecule has 3 heteroatoms. The molecular weight excluding hydrogens is 278 g/mol. The molecule has 2 rings (SSSR count). The lowest BCUT2D eigenvalue weighted by atomic mass is 10.1. The highest BCUT2D eigenvalue weighted by atomic mass is 79.9. The number of nitrogens with zero attached hydrogens (tertiary/aromatic N) is 1. The van der Waals surface area contributed by atoms with Gasteiger partial charge in [0.15, 0.2) is 0 Å². The Bertz CT molecular complexity index is 359. The molecule has 0 radical (unpaired) electrons. The molecule has 0 bridgehead atoms. The highest BCUT2D eigenvalue weighted by Crippen LogP contribution is 2.25. The van der Waals surface area contributed by atoms with Gasteiger partial charge in [0.25, 0.3) is 0 Å². The summed E-state index contributed by atoms with van der Waals surface area (Å²) in [6, 6.07) is 5.80. The van der Waals surface area contributed by atoms with Crippen molar-refractivity contribution in [2.45, 2.75) is 38.6 Å². The van der Waals surface area contributed by atoms with Crippen molar-refractivity contribution < 1.29 is 5.11 Å². The summed E-state index contributed by atoms with van der Waals surface area (Å²) in [5.74, 6) is 0.321. The SMILES string of the molecule is Oc1ccc(CN2CCCCCCC2)cc1Br. The van der Waals surface area contributed by atoms with E-state index in [1.54, 1.807) is 6.07 Å². The summed E-state index contributed by atoms with van der Waals surface area (Å²) in [6.07, 6.45) is 6.78. The van der Waals surface area contributed by atoms with Gasteiger partial charge in [-0.25, -0.2) is 0 Å². The zero-order valence-electron chi connectivity index (χ0n) is 10.2. The third-order valence-electron chi connectivity index (χ3n) is 3.37. The Morgan fingerprint density at radius 2 is 1.71 bits per heavy atom. The summed E-state index contributed by atoms with van der Waals surface area (Å²) >= 11 is 3.37. The Kier molecular flexibility index (Phi) is 4.86. The van der Waals surface area contributed by atoms with Crippen LogP contribution >= 0.6 is 15.9 Å². The van der Waals surface area contributed by atoms with Crippen LogP contribution in [0.1, 0.15) is 37.7 Å². The van der Waals surface area contributed by atoms with E-state index in [-0.39, 0.29) is 0 Å². The van der Waals surface area contributed by atoms with Gasteiger partial charge in [-0.2, -0.15) is 0 Å². The molecule has 0 saturated carbocycles. The average molecular weight is 298 g/mol. The van der Waals surface area contributed by atoms with Crippen LogP contribution < -0.4 is 0 Å². The molecule has 1 heterocycles. The second-order valence-electron chi connectivity index (χ2n) is 4.83. The number of hydrogen-bond acceptors (Lipinski definition) is 2. The quantitative estimate of drug-likeness (QED) is 0.894. The first-order valence-electron chi connectivity index (χ1n) is 6.45. The van der Waals surface area contributed by atoms with Crippen molar-refractivity contribution in [3.05, 3.63) is 28.2 Å². The van der Waals surface area contributed by atoms with Gasteiger partial charge in [-0.1, -0.05) is 25.3 Å². The molecule has 17 heavy (non-hydrogen) atoms. The average Bonchev–Trinajstić information content (AvgIpc) is 2.27. The van der Waals surface area contributed by atoms with Gasteiger partial charge in [-0.15, -0.1) is 0 Å². The number of likely N-dealkylation sites (tertiary alicyclic amines) is 1. The molecule has 94 valence electrons. The van der Waals surface area contributed by atoms with Crippen LogP contribution in [0.25, 0.3) is 0 Å². The second kappa shape index (κ2) is 6.41. The van der Waals surface area contributed by atoms with Crippen molar-refractivity contribution in [1.29, 1.82) is 0 Å². The monoisotopic (exact) mass is 297 g/mol. The third kappa shape index (κ3) is 4.00. The minimum absolute atomic E-state index is 0.321. The van der Waals surface area contributed by atoms with Crippen LogP contribution in [0.5, 0.6) is 5.75 Å². The molecule has 0 unspecified atom stereocenters.